The van der Waals surface area contributed by atoms with Gasteiger partial charge in [0.2, 0.25) is 5.91 Å². The van der Waals surface area contributed by atoms with Crippen molar-refractivity contribution in [2.45, 2.75) is 64.4 Å². The summed E-state index contributed by atoms with van der Waals surface area (Å²) in [5, 5.41) is 25.7. The molecule has 1 aromatic carbocycles. The number of nitrogens with one attached hydrogen (secondary N) is 1. The Morgan fingerprint density at radius 1 is 1.19 bits per heavy atom. The van der Waals surface area contributed by atoms with E-state index >= 15 is 0 Å². The summed E-state index contributed by atoms with van der Waals surface area (Å²) in [5.41, 5.74) is -1.55. The van der Waals surface area contributed by atoms with E-state index in [0.29, 0.717) is 18.4 Å². The van der Waals surface area contributed by atoms with Crippen LogP contribution in [0.5, 0.6) is 0 Å². The maximum absolute atomic E-state index is 14.2. The summed E-state index contributed by atoms with van der Waals surface area (Å²) in [6.07, 6.45) is 5.01. The summed E-state index contributed by atoms with van der Waals surface area (Å²) >= 11 is 0. The summed E-state index contributed by atoms with van der Waals surface area (Å²) in [6.45, 7) is 10.5. The van der Waals surface area contributed by atoms with Crippen LogP contribution in [0.4, 0.5) is 0 Å². The molecule has 3 N–H and O–H groups in total. The van der Waals surface area contributed by atoms with Gasteiger partial charge in [-0.2, -0.15) is 0 Å². The third-order valence-corrected chi connectivity index (χ3v) is 8.53. The van der Waals surface area contributed by atoms with E-state index in [1.807, 2.05) is 37.3 Å². The molecule has 1 aliphatic heterocycles. The number of allylic oxidation sites excluding steroid dienone is 1. The highest BCUT2D eigenvalue weighted by molar-refractivity contribution is 5.91. The van der Waals surface area contributed by atoms with E-state index in [2.05, 4.69) is 11.9 Å². The number of Topliss-reactive ketones (excluding diaryl/α,β-unsaturated/α-hetero) is 1. The Balaban J connectivity index is 1.94. The molecule has 2 fully saturated rings. The minimum Gasteiger partial charge on any atom is -0.457 e. The summed E-state index contributed by atoms with van der Waals surface area (Å²) in [5.74, 6) is -3.26. The highest BCUT2D eigenvalue weighted by Crippen LogP contribution is 2.58. The molecule has 0 unspecified atom stereocenters. The zero-order valence-electron chi connectivity index (χ0n) is 21.9. The standard InChI is InChI=1S/C30H37NO6/c1-17-10-9-13-22-26(33)19(3)18(2)25-23(16-21-11-7-6-8-12-21)31-28(35)30(22,25)24(37-20(4)32)14-15-29(5,36)27(17)34/h6-9,11-15,17-18,22-26,33,36H,3,10,16H2,1-2,4-5H3,(H,31,35)/t17-,18-,22-,23+,24-,25-,26+,29-,30+/m1/s1. The molecule has 0 bridgehead atoms. The molecule has 198 valence electrons. The second-order valence-electron chi connectivity index (χ2n) is 11.0. The monoisotopic (exact) mass is 507 g/mol. The smallest absolute Gasteiger partial charge is 0.303 e. The van der Waals surface area contributed by atoms with Crippen molar-refractivity contribution in [3.63, 3.8) is 0 Å². The van der Waals surface area contributed by atoms with Gasteiger partial charge >= 0.3 is 5.97 Å². The first-order valence-corrected chi connectivity index (χ1v) is 12.9. The molecule has 0 radical (unpaired) electrons. The number of esters is 1. The van der Waals surface area contributed by atoms with Gasteiger partial charge in [-0.15, -0.1) is 0 Å². The van der Waals surface area contributed by atoms with Crippen molar-refractivity contribution in [3.8, 4) is 0 Å². The average molecular weight is 508 g/mol. The molecule has 7 nitrogen and oxygen atoms in total. The van der Waals surface area contributed by atoms with Crippen molar-refractivity contribution >= 4 is 17.7 Å². The van der Waals surface area contributed by atoms with Crippen molar-refractivity contribution in [2.75, 3.05) is 0 Å². The van der Waals surface area contributed by atoms with Crippen molar-refractivity contribution in [1.82, 2.24) is 5.32 Å². The first kappa shape index (κ1) is 27.0. The topological polar surface area (TPSA) is 113 Å². The van der Waals surface area contributed by atoms with Crippen LogP contribution in [-0.2, 0) is 25.5 Å². The van der Waals surface area contributed by atoms with Gasteiger partial charge in [-0.1, -0.05) is 62.9 Å². The highest BCUT2D eigenvalue weighted by atomic mass is 16.5. The molecular formula is C30H37NO6. The van der Waals surface area contributed by atoms with Gasteiger partial charge in [0, 0.05) is 30.7 Å². The van der Waals surface area contributed by atoms with Crippen LogP contribution in [-0.4, -0.2) is 51.7 Å². The molecule has 7 heteroatoms. The van der Waals surface area contributed by atoms with Crippen molar-refractivity contribution in [3.05, 3.63) is 72.4 Å². The molecule has 4 rings (SSSR count). The van der Waals surface area contributed by atoms with Crippen LogP contribution in [0.1, 0.15) is 39.7 Å². The Morgan fingerprint density at radius 2 is 1.86 bits per heavy atom. The Kier molecular flexibility index (Phi) is 7.32. The number of ether oxygens (including phenoxy) is 1. The van der Waals surface area contributed by atoms with Gasteiger partial charge in [-0.25, -0.2) is 0 Å². The van der Waals surface area contributed by atoms with Crippen LogP contribution in [0.25, 0.3) is 0 Å². The van der Waals surface area contributed by atoms with E-state index in [-0.39, 0.29) is 23.7 Å². The number of hydrogen-bond donors (Lipinski definition) is 3. The summed E-state index contributed by atoms with van der Waals surface area (Å²) in [4.78, 5) is 39.5. The first-order chi connectivity index (χ1) is 17.4. The maximum atomic E-state index is 14.2. The number of rotatable bonds is 3. The van der Waals surface area contributed by atoms with Crippen molar-refractivity contribution < 1.29 is 29.3 Å². The number of ketones is 1. The number of benzene rings is 1. The van der Waals surface area contributed by atoms with Gasteiger partial charge in [0.05, 0.1) is 6.10 Å². The van der Waals surface area contributed by atoms with E-state index in [9.17, 15) is 24.6 Å². The van der Waals surface area contributed by atoms with Crippen LogP contribution in [0.2, 0.25) is 0 Å². The number of carbonyl (C=O) groups excluding carboxylic acids is 3. The fourth-order valence-electron chi connectivity index (χ4n) is 6.68. The van der Waals surface area contributed by atoms with Crippen molar-refractivity contribution in [2.24, 2.45) is 29.1 Å². The van der Waals surface area contributed by atoms with E-state index in [1.165, 1.54) is 26.0 Å². The average Bonchev–Trinajstić information content (AvgIpc) is 3.13. The molecule has 1 aromatic rings. The van der Waals surface area contributed by atoms with Gasteiger partial charge in [0.1, 0.15) is 17.1 Å². The molecule has 1 saturated heterocycles. The highest BCUT2D eigenvalue weighted by Gasteiger charge is 2.68. The lowest BCUT2D eigenvalue weighted by Crippen LogP contribution is -2.60. The van der Waals surface area contributed by atoms with Gasteiger partial charge in [-0.05, 0) is 49.0 Å². The first-order valence-electron chi connectivity index (χ1n) is 12.9. The Bertz CT molecular complexity index is 1140. The number of aliphatic hydroxyl groups excluding tert-OH is 1. The lowest BCUT2D eigenvalue weighted by Gasteiger charge is -2.52. The molecule has 1 amide bonds. The minimum absolute atomic E-state index is 0.287. The van der Waals surface area contributed by atoms with Gasteiger partial charge < -0.3 is 20.3 Å². The summed E-state index contributed by atoms with van der Waals surface area (Å²) in [7, 11) is 0. The predicted octanol–water partition coefficient (Wildman–Crippen LogP) is 2.92. The normalized spacial score (nSPS) is 39.8. The molecule has 1 heterocycles. The molecule has 1 spiro atoms. The third-order valence-electron chi connectivity index (χ3n) is 8.53. The van der Waals surface area contributed by atoms with Gasteiger partial charge in [-0.3, -0.25) is 14.4 Å². The molecule has 3 aliphatic rings. The Hall–Kier alpha value is -3.03. The minimum atomic E-state index is -1.82. The maximum Gasteiger partial charge on any atom is 0.303 e. The molecule has 37 heavy (non-hydrogen) atoms. The van der Waals surface area contributed by atoms with Crippen LogP contribution < -0.4 is 5.32 Å². The van der Waals surface area contributed by atoms with Crippen LogP contribution in [0.3, 0.4) is 0 Å². The van der Waals surface area contributed by atoms with E-state index < -0.39 is 46.9 Å². The van der Waals surface area contributed by atoms with Gasteiger partial charge in [0.15, 0.2) is 5.78 Å². The number of carbonyl (C=O) groups is 3. The SMILES string of the molecule is C=C1[C@@H](C)[C@@H]2[C@H](Cc3ccccc3)NC(=O)[C@]23[C@H](C=CC[C@@H](C)C(=O)[C@](C)(O)C=C[C@H]3OC(C)=O)[C@H]1O. The zero-order chi connectivity index (χ0) is 27.1. The number of amides is 1. The van der Waals surface area contributed by atoms with Crippen LogP contribution >= 0.6 is 0 Å². The van der Waals surface area contributed by atoms with E-state index in [0.717, 1.165) is 5.56 Å². The summed E-state index contributed by atoms with van der Waals surface area (Å²) < 4.78 is 5.81. The van der Waals surface area contributed by atoms with Crippen LogP contribution in [0.15, 0.2) is 66.8 Å². The van der Waals surface area contributed by atoms with Crippen molar-refractivity contribution in [1.29, 1.82) is 0 Å². The second kappa shape index (κ2) is 10.0. The van der Waals surface area contributed by atoms with E-state index in [4.69, 9.17) is 4.74 Å². The number of hydrogen-bond acceptors (Lipinski definition) is 6. The van der Waals surface area contributed by atoms with E-state index in [1.54, 1.807) is 19.1 Å². The van der Waals surface area contributed by atoms with Gasteiger partial charge in [0.25, 0.3) is 0 Å². The molecule has 1 saturated carbocycles. The Labute approximate surface area is 218 Å². The molecule has 2 aliphatic carbocycles. The van der Waals surface area contributed by atoms with Crippen LogP contribution in [0, 0.1) is 29.1 Å². The summed E-state index contributed by atoms with van der Waals surface area (Å²) in [6, 6.07) is 9.49. The fourth-order valence-corrected chi connectivity index (χ4v) is 6.68. The third kappa shape index (κ3) is 4.59. The zero-order valence-corrected chi connectivity index (χ0v) is 21.9. The largest absolute Gasteiger partial charge is 0.457 e. The predicted molar refractivity (Wildman–Crippen MR) is 139 cm³/mol. The lowest BCUT2D eigenvalue weighted by atomic mass is 9.51. The lowest BCUT2D eigenvalue weighted by molar-refractivity contribution is -0.166. The quantitative estimate of drug-likeness (QED) is 0.428. The molecule has 0 aromatic heterocycles. The Morgan fingerprint density at radius 3 is 2.51 bits per heavy atom. The molecular weight excluding hydrogens is 470 g/mol. The molecule has 9 atom stereocenters. The second-order valence-corrected chi connectivity index (χ2v) is 11.0. The fraction of sp³-hybridized carbons (Fsp3) is 0.500. The number of aliphatic hydroxyl groups is 2.